The number of anilines is 1. The predicted molar refractivity (Wildman–Crippen MR) is 66.9 cm³/mol. The van der Waals surface area contributed by atoms with Gasteiger partial charge in [0, 0.05) is 16.8 Å². The van der Waals surface area contributed by atoms with Gasteiger partial charge >= 0.3 is 6.03 Å². The van der Waals surface area contributed by atoms with E-state index in [1.807, 2.05) is 20.8 Å². The Morgan fingerprint density at radius 2 is 1.65 bits per heavy atom. The quantitative estimate of drug-likeness (QED) is 0.729. The summed E-state index contributed by atoms with van der Waals surface area (Å²) in [5.41, 5.74) is 5.83. The summed E-state index contributed by atoms with van der Waals surface area (Å²) in [4.78, 5) is 22.4. The van der Waals surface area contributed by atoms with Gasteiger partial charge in [0.1, 0.15) is 0 Å². The lowest BCUT2D eigenvalue weighted by atomic mass is 10.1. The highest BCUT2D eigenvalue weighted by Crippen LogP contribution is 2.09. The van der Waals surface area contributed by atoms with E-state index >= 15 is 0 Å². The number of primary amides is 1. The first-order chi connectivity index (χ1) is 7.78. The second kappa shape index (κ2) is 4.86. The van der Waals surface area contributed by atoms with Crippen LogP contribution in [0.3, 0.4) is 0 Å². The maximum atomic E-state index is 11.5. The van der Waals surface area contributed by atoms with Gasteiger partial charge in [0.05, 0.1) is 0 Å². The molecule has 17 heavy (non-hydrogen) atoms. The van der Waals surface area contributed by atoms with Crippen LogP contribution in [-0.2, 0) is 0 Å². The number of hydrogen-bond acceptors (Lipinski definition) is 2. The highest BCUT2D eigenvalue weighted by atomic mass is 16.2. The third-order valence-electron chi connectivity index (χ3n) is 1.92. The zero-order valence-electron chi connectivity index (χ0n) is 10.2. The van der Waals surface area contributed by atoms with Crippen molar-refractivity contribution in [2.24, 2.45) is 5.73 Å². The highest BCUT2D eigenvalue weighted by molar-refractivity contribution is 5.94. The summed E-state index contributed by atoms with van der Waals surface area (Å²) in [5.74, 6) is -0.490. The summed E-state index contributed by atoms with van der Waals surface area (Å²) < 4.78 is 0. The SMILES string of the molecule is CC(C)(C)NC(=O)Nc1ccc(C(N)=O)cc1. The standard InChI is InChI=1S/C12H17N3O2/c1-12(2,3)15-11(17)14-9-6-4-8(5-7-9)10(13)16/h4-7H,1-3H3,(H2,13,16)(H2,14,15,17). The van der Waals surface area contributed by atoms with E-state index in [-0.39, 0.29) is 11.6 Å². The number of carbonyl (C=O) groups is 2. The van der Waals surface area contributed by atoms with Crippen LogP contribution in [0.25, 0.3) is 0 Å². The summed E-state index contributed by atoms with van der Waals surface area (Å²) in [6, 6.07) is 6.10. The Labute approximate surface area is 100 Å². The average molecular weight is 235 g/mol. The normalized spacial score (nSPS) is 10.8. The van der Waals surface area contributed by atoms with Crippen LogP contribution in [0.1, 0.15) is 31.1 Å². The highest BCUT2D eigenvalue weighted by Gasteiger charge is 2.13. The van der Waals surface area contributed by atoms with Crippen molar-refractivity contribution in [3.8, 4) is 0 Å². The minimum atomic E-state index is -0.490. The molecule has 0 saturated heterocycles. The molecule has 0 aliphatic carbocycles. The van der Waals surface area contributed by atoms with E-state index in [1.54, 1.807) is 24.3 Å². The molecule has 0 radical (unpaired) electrons. The monoisotopic (exact) mass is 235 g/mol. The van der Waals surface area contributed by atoms with Crippen molar-refractivity contribution in [1.29, 1.82) is 0 Å². The van der Waals surface area contributed by atoms with Crippen LogP contribution in [0.2, 0.25) is 0 Å². The van der Waals surface area contributed by atoms with Gasteiger partial charge in [-0.3, -0.25) is 4.79 Å². The van der Waals surface area contributed by atoms with Crippen LogP contribution in [0.4, 0.5) is 10.5 Å². The van der Waals surface area contributed by atoms with Gasteiger partial charge in [-0.2, -0.15) is 0 Å². The van der Waals surface area contributed by atoms with E-state index in [0.29, 0.717) is 11.3 Å². The lowest BCUT2D eigenvalue weighted by Gasteiger charge is -2.20. The average Bonchev–Trinajstić information content (AvgIpc) is 2.15. The van der Waals surface area contributed by atoms with Crippen molar-refractivity contribution in [2.75, 3.05) is 5.32 Å². The van der Waals surface area contributed by atoms with Gasteiger partial charge in [0.25, 0.3) is 0 Å². The van der Waals surface area contributed by atoms with E-state index in [1.165, 1.54) is 0 Å². The lowest BCUT2D eigenvalue weighted by molar-refractivity contribution is 0.100. The van der Waals surface area contributed by atoms with Gasteiger partial charge in [-0.25, -0.2) is 4.79 Å². The van der Waals surface area contributed by atoms with E-state index < -0.39 is 5.91 Å². The van der Waals surface area contributed by atoms with Crippen molar-refractivity contribution in [2.45, 2.75) is 26.3 Å². The Hall–Kier alpha value is -2.04. The fourth-order valence-corrected chi connectivity index (χ4v) is 1.22. The summed E-state index contributed by atoms with van der Waals surface area (Å²) >= 11 is 0. The van der Waals surface area contributed by atoms with Crippen molar-refractivity contribution in [1.82, 2.24) is 5.32 Å². The Morgan fingerprint density at radius 1 is 1.12 bits per heavy atom. The molecule has 1 aromatic carbocycles. The molecule has 5 nitrogen and oxygen atoms in total. The molecule has 5 heteroatoms. The van der Waals surface area contributed by atoms with Crippen molar-refractivity contribution >= 4 is 17.6 Å². The predicted octanol–water partition coefficient (Wildman–Crippen LogP) is 1.71. The number of urea groups is 1. The number of nitrogens with one attached hydrogen (secondary N) is 2. The number of amides is 3. The molecule has 0 heterocycles. The zero-order valence-corrected chi connectivity index (χ0v) is 10.2. The van der Waals surface area contributed by atoms with E-state index in [2.05, 4.69) is 10.6 Å². The molecule has 0 fully saturated rings. The van der Waals surface area contributed by atoms with Crippen molar-refractivity contribution in [3.05, 3.63) is 29.8 Å². The number of nitrogens with two attached hydrogens (primary N) is 1. The summed E-state index contributed by atoms with van der Waals surface area (Å²) in [6.45, 7) is 5.67. The molecule has 0 unspecified atom stereocenters. The Bertz CT molecular complexity index is 418. The molecule has 3 amide bonds. The zero-order chi connectivity index (χ0) is 13.1. The lowest BCUT2D eigenvalue weighted by Crippen LogP contribution is -2.43. The largest absolute Gasteiger partial charge is 0.366 e. The minimum absolute atomic E-state index is 0.288. The van der Waals surface area contributed by atoms with E-state index in [0.717, 1.165) is 0 Å². The van der Waals surface area contributed by atoms with Crippen molar-refractivity contribution in [3.63, 3.8) is 0 Å². The second-order valence-electron chi connectivity index (χ2n) is 4.77. The van der Waals surface area contributed by atoms with Crippen LogP contribution >= 0.6 is 0 Å². The molecule has 0 aliphatic rings. The van der Waals surface area contributed by atoms with Gasteiger partial charge < -0.3 is 16.4 Å². The first kappa shape index (κ1) is 13.0. The fourth-order valence-electron chi connectivity index (χ4n) is 1.22. The van der Waals surface area contributed by atoms with Crippen LogP contribution in [-0.4, -0.2) is 17.5 Å². The summed E-state index contributed by atoms with van der Waals surface area (Å²) in [6.07, 6.45) is 0. The maximum Gasteiger partial charge on any atom is 0.319 e. The third-order valence-corrected chi connectivity index (χ3v) is 1.92. The number of benzene rings is 1. The van der Waals surface area contributed by atoms with Crippen LogP contribution in [0.5, 0.6) is 0 Å². The smallest absolute Gasteiger partial charge is 0.319 e. The first-order valence-corrected chi connectivity index (χ1v) is 5.27. The maximum absolute atomic E-state index is 11.5. The molecular formula is C12H17N3O2. The molecule has 1 aromatic rings. The van der Waals surface area contributed by atoms with Crippen LogP contribution in [0.15, 0.2) is 24.3 Å². The van der Waals surface area contributed by atoms with Crippen LogP contribution in [0, 0.1) is 0 Å². The number of rotatable bonds is 2. The molecule has 0 atom stereocenters. The molecule has 0 aliphatic heterocycles. The molecule has 0 bridgehead atoms. The number of hydrogen-bond donors (Lipinski definition) is 3. The Kier molecular flexibility index (Phi) is 3.73. The molecule has 0 aromatic heterocycles. The van der Waals surface area contributed by atoms with Gasteiger partial charge in [-0.05, 0) is 45.0 Å². The van der Waals surface area contributed by atoms with Gasteiger partial charge in [0.15, 0.2) is 0 Å². The van der Waals surface area contributed by atoms with E-state index in [9.17, 15) is 9.59 Å². The van der Waals surface area contributed by atoms with E-state index in [4.69, 9.17) is 5.73 Å². The fraction of sp³-hybridized carbons (Fsp3) is 0.333. The van der Waals surface area contributed by atoms with Gasteiger partial charge in [-0.15, -0.1) is 0 Å². The molecular weight excluding hydrogens is 218 g/mol. The van der Waals surface area contributed by atoms with Crippen LogP contribution < -0.4 is 16.4 Å². The second-order valence-corrected chi connectivity index (χ2v) is 4.77. The van der Waals surface area contributed by atoms with Gasteiger partial charge in [-0.1, -0.05) is 0 Å². The Morgan fingerprint density at radius 3 is 2.06 bits per heavy atom. The molecule has 1 rings (SSSR count). The summed E-state index contributed by atoms with van der Waals surface area (Å²) in [7, 11) is 0. The topological polar surface area (TPSA) is 84.2 Å². The first-order valence-electron chi connectivity index (χ1n) is 5.27. The number of carbonyl (C=O) groups excluding carboxylic acids is 2. The van der Waals surface area contributed by atoms with Gasteiger partial charge in [0.2, 0.25) is 5.91 Å². The third kappa shape index (κ3) is 4.55. The van der Waals surface area contributed by atoms with Crippen molar-refractivity contribution < 1.29 is 9.59 Å². The Balaban J connectivity index is 2.64. The molecule has 0 spiro atoms. The summed E-state index contributed by atoms with van der Waals surface area (Å²) in [5, 5.41) is 5.43. The molecule has 92 valence electrons. The molecule has 4 N–H and O–H groups in total. The molecule has 0 saturated carbocycles. The minimum Gasteiger partial charge on any atom is -0.366 e.